The van der Waals surface area contributed by atoms with Crippen LogP contribution in [0.5, 0.6) is 23.0 Å². The van der Waals surface area contributed by atoms with Gasteiger partial charge < -0.3 is 20.9 Å². The Bertz CT molecular complexity index is 1130. The Morgan fingerprint density at radius 3 is 1.47 bits per heavy atom. The third-order valence-electron chi connectivity index (χ3n) is 6.40. The maximum Gasteiger partial charge on any atom is 0.131 e. The van der Waals surface area contributed by atoms with Crippen molar-refractivity contribution in [1.82, 2.24) is 0 Å². The summed E-state index contributed by atoms with van der Waals surface area (Å²) in [7, 11) is 0. The van der Waals surface area contributed by atoms with E-state index in [1.807, 2.05) is 72.8 Å². The first-order chi connectivity index (χ1) is 17.6. The van der Waals surface area contributed by atoms with Crippen LogP contribution in [0.25, 0.3) is 0 Å². The highest BCUT2D eigenvalue weighted by Gasteiger charge is 2.22. The van der Waals surface area contributed by atoms with Crippen molar-refractivity contribution in [1.29, 1.82) is 0 Å². The largest absolute Gasteiger partial charge is 0.457 e. The molecule has 4 nitrogen and oxygen atoms in total. The quantitative estimate of drug-likeness (QED) is 0.157. The Morgan fingerprint density at radius 1 is 0.556 bits per heavy atom. The minimum absolute atomic E-state index is 0.126. The zero-order chi connectivity index (χ0) is 25.2. The molecule has 0 saturated heterocycles. The summed E-state index contributed by atoms with van der Waals surface area (Å²) in [4.78, 5) is 0. The Kier molecular flexibility index (Phi) is 8.87. The van der Waals surface area contributed by atoms with Gasteiger partial charge >= 0.3 is 0 Å². The van der Waals surface area contributed by atoms with Crippen molar-refractivity contribution in [2.24, 2.45) is 0 Å². The van der Waals surface area contributed by atoms with Gasteiger partial charge in [-0.1, -0.05) is 75.4 Å². The molecule has 0 saturated carbocycles. The summed E-state index contributed by atoms with van der Waals surface area (Å²) >= 11 is 0. The molecule has 0 fully saturated rings. The second-order valence-electron chi connectivity index (χ2n) is 9.17. The predicted octanol–water partition coefficient (Wildman–Crippen LogP) is 8.93. The van der Waals surface area contributed by atoms with E-state index >= 15 is 0 Å². The van der Waals surface area contributed by atoms with Gasteiger partial charge in [-0.2, -0.15) is 0 Å². The van der Waals surface area contributed by atoms with Crippen LogP contribution in [0.2, 0.25) is 0 Å². The number of rotatable bonds is 12. The average molecular weight is 481 g/mol. The highest BCUT2D eigenvalue weighted by molar-refractivity contribution is 5.51. The first-order valence-corrected chi connectivity index (χ1v) is 12.9. The van der Waals surface area contributed by atoms with Gasteiger partial charge in [-0.25, -0.2) is 0 Å². The van der Waals surface area contributed by atoms with E-state index in [2.05, 4.69) is 31.2 Å². The first-order valence-electron chi connectivity index (χ1n) is 12.9. The molecule has 0 amide bonds. The minimum atomic E-state index is 0.126. The van der Waals surface area contributed by atoms with Gasteiger partial charge in [0.05, 0.1) is 0 Å². The van der Waals surface area contributed by atoms with E-state index in [4.69, 9.17) is 20.9 Å². The van der Waals surface area contributed by atoms with Crippen LogP contribution in [0.4, 0.5) is 11.4 Å². The van der Waals surface area contributed by atoms with Gasteiger partial charge in [0.25, 0.3) is 0 Å². The molecule has 4 N–H and O–H groups in total. The molecule has 0 aliphatic carbocycles. The number of unbranched alkanes of at least 4 members (excludes halogenated alkanes) is 4. The Balaban J connectivity index is 1.67. The fourth-order valence-corrected chi connectivity index (χ4v) is 4.48. The normalized spacial score (nSPS) is 10.9. The van der Waals surface area contributed by atoms with Gasteiger partial charge in [0, 0.05) is 28.4 Å². The fourth-order valence-electron chi connectivity index (χ4n) is 4.48. The van der Waals surface area contributed by atoms with Crippen LogP contribution in [0, 0.1) is 0 Å². The third-order valence-corrected chi connectivity index (χ3v) is 6.40. The maximum atomic E-state index is 6.37. The summed E-state index contributed by atoms with van der Waals surface area (Å²) in [5, 5.41) is 0. The molecule has 0 atom stereocenters. The van der Waals surface area contributed by atoms with Gasteiger partial charge in [0.2, 0.25) is 0 Å². The number of hydrogen-bond acceptors (Lipinski definition) is 4. The van der Waals surface area contributed by atoms with Crippen molar-refractivity contribution in [3.63, 3.8) is 0 Å². The standard InChI is InChI=1S/C32H36N2O2/c1-2-3-4-5-6-11-28(29-12-7-9-14-31(29)35-26-20-16-24(33)17-21-26)30-13-8-10-15-32(30)36-27-22-18-25(34)19-23-27/h7-10,12-23,28H,2-6,11,33-34H2,1H3. The van der Waals surface area contributed by atoms with Crippen molar-refractivity contribution < 1.29 is 9.47 Å². The Hall–Kier alpha value is -3.92. The number of ether oxygens (including phenoxy) is 2. The lowest BCUT2D eigenvalue weighted by atomic mass is 9.85. The molecule has 4 aromatic rings. The fraction of sp³-hybridized carbons (Fsp3) is 0.250. The van der Waals surface area contributed by atoms with Gasteiger partial charge in [-0.05, 0) is 67.1 Å². The Morgan fingerprint density at radius 2 is 1.00 bits per heavy atom. The van der Waals surface area contributed by atoms with Crippen molar-refractivity contribution in [3.05, 3.63) is 108 Å². The number of hydrogen-bond donors (Lipinski definition) is 2. The SMILES string of the molecule is CCCCCCCC(c1ccccc1Oc1ccc(N)cc1)c1ccccc1Oc1ccc(N)cc1. The zero-order valence-electron chi connectivity index (χ0n) is 21.0. The van der Waals surface area contributed by atoms with Crippen LogP contribution in [-0.4, -0.2) is 0 Å². The smallest absolute Gasteiger partial charge is 0.131 e. The predicted molar refractivity (Wildman–Crippen MR) is 150 cm³/mol. The molecule has 0 aromatic heterocycles. The summed E-state index contributed by atoms with van der Waals surface area (Å²) in [6.07, 6.45) is 7.13. The summed E-state index contributed by atoms with van der Waals surface area (Å²) in [5.41, 5.74) is 15.5. The lowest BCUT2D eigenvalue weighted by molar-refractivity contribution is 0.456. The van der Waals surface area contributed by atoms with Crippen molar-refractivity contribution >= 4 is 11.4 Å². The maximum absolute atomic E-state index is 6.37. The summed E-state index contributed by atoms with van der Waals surface area (Å²) in [5.74, 6) is 3.36. The number of nitrogens with two attached hydrogens (primary N) is 2. The summed E-state index contributed by atoms with van der Waals surface area (Å²) in [6.45, 7) is 2.25. The lowest BCUT2D eigenvalue weighted by Crippen LogP contribution is -2.06. The van der Waals surface area contributed by atoms with Crippen molar-refractivity contribution in [2.75, 3.05) is 11.5 Å². The number of para-hydroxylation sites is 2. The summed E-state index contributed by atoms with van der Waals surface area (Å²) in [6, 6.07) is 31.7. The van der Waals surface area contributed by atoms with E-state index in [-0.39, 0.29) is 5.92 Å². The topological polar surface area (TPSA) is 70.5 Å². The van der Waals surface area contributed by atoms with Gasteiger partial charge in [0.1, 0.15) is 23.0 Å². The molecule has 0 bridgehead atoms. The molecule has 0 aliphatic heterocycles. The molecule has 186 valence electrons. The van der Waals surface area contributed by atoms with Gasteiger partial charge in [-0.15, -0.1) is 0 Å². The molecule has 36 heavy (non-hydrogen) atoms. The molecular formula is C32H36N2O2. The van der Waals surface area contributed by atoms with E-state index in [9.17, 15) is 0 Å². The minimum Gasteiger partial charge on any atom is -0.457 e. The van der Waals surface area contributed by atoms with Crippen LogP contribution < -0.4 is 20.9 Å². The first kappa shape index (κ1) is 25.2. The molecule has 0 aliphatic rings. The van der Waals surface area contributed by atoms with E-state index in [0.29, 0.717) is 11.4 Å². The highest BCUT2D eigenvalue weighted by Crippen LogP contribution is 2.42. The van der Waals surface area contributed by atoms with Crippen LogP contribution >= 0.6 is 0 Å². The molecule has 0 spiro atoms. The van der Waals surface area contributed by atoms with E-state index in [0.717, 1.165) is 47.0 Å². The molecule has 0 heterocycles. The van der Waals surface area contributed by atoms with Crippen LogP contribution in [-0.2, 0) is 0 Å². The molecule has 4 aromatic carbocycles. The van der Waals surface area contributed by atoms with Gasteiger partial charge in [0.15, 0.2) is 0 Å². The van der Waals surface area contributed by atoms with Crippen molar-refractivity contribution in [3.8, 4) is 23.0 Å². The molecule has 0 unspecified atom stereocenters. The number of anilines is 2. The molecule has 4 rings (SSSR count). The second kappa shape index (κ2) is 12.7. The zero-order valence-corrected chi connectivity index (χ0v) is 21.0. The Labute approximate surface area is 214 Å². The molecule has 0 radical (unpaired) electrons. The monoisotopic (exact) mass is 480 g/mol. The average Bonchev–Trinajstić information content (AvgIpc) is 2.90. The highest BCUT2D eigenvalue weighted by atomic mass is 16.5. The molecule has 4 heteroatoms. The number of nitrogen functional groups attached to an aromatic ring is 2. The van der Waals surface area contributed by atoms with Gasteiger partial charge in [-0.3, -0.25) is 0 Å². The van der Waals surface area contributed by atoms with E-state index in [1.165, 1.54) is 25.7 Å². The van der Waals surface area contributed by atoms with E-state index in [1.54, 1.807) is 0 Å². The van der Waals surface area contributed by atoms with E-state index < -0.39 is 0 Å². The third kappa shape index (κ3) is 6.82. The van der Waals surface area contributed by atoms with Crippen molar-refractivity contribution in [2.45, 2.75) is 51.4 Å². The summed E-state index contributed by atoms with van der Waals surface area (Å²) < 4.78 is 12.7. The number of benzene rings is 4. The molecular weight excluding hydrogens is 444 g/mol. The second-order valence-corrected chi connectivity index (χ2v) is 9.17. The van der Waals surface area contributed by atoms with Crippen LogP contribution in [0.15, 0.2) is 97.1 Å². The van der Waals surface area contributed by atoms with Crippen LogP contribution in [0.1, 0.15) is 62.5 Å². The van der Waals surface area contributed by atoms with Crippen LogP contribution in [0.3, 0.4) is 0 Å². The lowest BCUT2D eigenvalue weighted by Gasteiger charge is -2.23.